The summed E-state index contributed by atoms with van der Waals surface area (Å²) < 4.78 is 13.0. The normalized spacial score (nSPS) is 23.1. The van der Waals surface area contributed by atoms with Crippen molar-refractivity contribution in [3.05, 3.63) is 66.0 Å². The molecule has 0 aromatic heterocycles. The first-order chi connectivity index (χ1) is 10.2. The van der Waals surface area contributed by atoms with Crippen molar-refractivity contribution in [1.29, 1.82) is 0 Å². The molecular weight excluding hydrogens is 281 g/mol. The van der Waals surface area contributed by atoms with Gasteiger partial charge >= 0.3 is 0 Å². The van der Waals surface area contributed by atoms with Crippen molar-refractivity contribution in [1.82, 2.24) is 4.90 Å². The molecule has 0 spiro atoms. The summed E-state index contributed by atoms with van der Waals surface area (Å²) in [6, 6.07) is 17.6. The zero-order valence-electron chi connectivity index (χ0n) is 12.2. The first-order valence-electron chi connectivity index (χ1n) is 7.38. The molecule has 2 aromatic rings. The molecule has 0 aliphatic carbocycles. The minimum absolute atomic E-state index is 0.165. The van der Waals surface area contributed by atoms with Crippen LogP contribution in [0.25, 0.3) is 0 Å². The highest BCUT2D eigenvalue weighted by atomic mass is 32.2. The van der Waals surface area contributed by atoms with Crippen LogP contribution in [0.5, 0.6) is 0 Å². The lowest BCUT2D eigenvalue weighted by Crippen LogP contribution is -2.38. The molecule has 2 aromatic carbocycles. The molecule has 1 aliphatic heterocycles. The minimum atomic E-state index is -0.165. The van der Waals surface area contributed by atoms with Gasteiger partial charge < -0.3 is 4.90 Å². The summed E-state index contributed by atoms with van der Waals surface area (Å²) in [5.41, 5.74) is 1.41. The SMILES string of the molecule is CN1CC[C@H](Sc2ccc(F)cc2)[C@@H](c2ccccc2)C1. The molecule has 0 amide bonds. The van der Waals surface area contributed by atoms with Gasteiger partial charge in [0.05, 0.1) is 0 Å². The van der Waals surface area contributed by atoms with E-state index < -0.39 is 0 Å². The molecule has 0 unspecified atom stereocenters. The Morgan fingerprint density at radius 2 is 1.76 bits per heavy atom. The van der Waals surface area contributed by atoms with Crippen LogP contribution in [0, 0.1) is 5.82 Å². The van der Waals surface area contributed by atoms with Crippen LogP contribution in [0.1, 0.15) is 17.9 Å². The molecule has 1 aliphatic rings. The zero-order chi connectivity index (χ0) is 14.7. The van der Waals surface area contributed by atoms with Crippen molar-refractivity contribution in [2.45, 2.75) is 22.5 Å². The zero-order valence-corrected chi connectivity index (χ0v) is 13.0. The van der Waals surface area contributed by atoms with Gasteiger partial charge in [0.2, 0.25) is 0 Å². The molecule has 0 radical (unpaired) electrons. The lowest BCUT2D eigenvalue weighted by molar-refractivity contribution is 0.256. The standard InChI is InChI=1S/C18H20FNS/c1-20-12-11-18(21-16-9-7-15(19)8-10-16)17(13-20)14-5-3-2-4-6-14/h2-10,17-18H,11-13H2,1H3/t17-,18+/m1/s1. The molecule has 0 N–H and O–H groups in total. The molecule has 1 saturated heterocycles. The van der Waals surface area contributed by atoms with Crippen LogP contribution < -0.4 is 0 Å². The highest BCUT2D eigenvalue weighted by Crippen LogP contribution is 2.38. The molecule has 1 nitrogen and oxygen atoms in total. The topological polar surface area (TPSA) is 3.24 Å². The minimum Gasteiger partial charge on any atom is -0.306 e. The smallest absolute Gasteiger partial charge is 0.123 e. The molecule has 21 heavy (non-hydrogen) atoms. The van der Waals surface area contributed by atoms with E-state index in [0.29, 0.717) is 11.2 Å². The molecule has 0 bridgehead atoms. The summed E-state index contributed by atoms with van der Waals surface area (Å²) >= 11 is 1.88. The van der Waals surface area contributed by atoms with E-state index in [2.05, 4.69) is 42.3 Å². The number of likely N-dealkylation sites (N-methyl/N-ethyl adjacent to an activating group) is 1. The van der Waals surface area contributed by atoms with Gasteiger partial charge in [0.25, 0.3) is 0 Å². The van der Waals surface area contributed by atoms with Gasteiger partial charge in [-0.05, 0) is 49.8 Å². The number of thioether (sulfide) groups is 1. The van der Waals surface area contributed by atoms with Crippen molar-refractivity contribution in [3.63, 3.8) is 0 Å². The Morgan fingerprint density at radius 1 is 1.05 bits per heavy atom. The molecule has 1 heterocycles. The van der Waals surface area contributed by atoms with Crippen molar-refractivity contribution in [2.24, 2.45) is 0 Å². The number of benzene rings is 2. The molecule has 1 fully saturated rings. The van der Waals surface area contributed by atoms with E-state index >= 15 is 0 Å². The van der Waals surface area contributed by atoms with Crippen LogP contribution in [0.3, 0.4) is 0 Å². The van der Waals surface area contributed by atoms with Crippen LogP contribution >= 0.6 is 11.8 Å². The fourth-order valence-electron chi connectivity index (χ4n) is 2.94. The van der Waals surface area contributed by atoms with E-state index in [9.17, 15) is 4.39 Å². The van der Waals surface area contributed by atoms with Gasteiger partial charge in [-0.15, -0.1) is 11.8 Å². The number of nitrogens with zero attached hydrogens (tertiary/aromatic N) is 1. The third-order valence-electron chi connectivity index (χ3n) is 4.08. The first kappa shape index (κ1) is 14.6. The number of hydrogen-bond donors (Lipinski definition) is 0. The summed E-state index contributed by atoms with van der Waals surface area (Å²) in [4.78, 5) is 3.56. The van der Waals surface area contributed by atoms with Gasteiger partial charge in [-0.25, -0.2) is 4.39 Å². The van der Waals surface area contributed by atoms with Gasteiger partial charge in [-0.1, -0.05) is 30.3 Å². The van der Waals surface area contributed by atoms with Crippen molar-refractivity contribution >= 4 is 11.8 Å². The third-order valence-corrected chi connectivity index (χ3v) is 5.49. The fraction of sp³-hybridized carbons (Fsp3) is 0.333. The van der Waals surface area contributed by atoms with Crippen LogP contribution in [-0.2, 0) is 0 Å². The Morgan fingerprint density at radius 3 is 2.48 bits per heavy atom. The molecule has 2 atom stereocenters. The van der Waals surface area contributed by atoms with Crippen LogP contribution in [0.15, 0.2) is 59.5 Å². The predicted octanol–water partition coefficient (Wildman–Crippen LogP) is 4.41. The first-order valence-corrected chi connectivity index (χ1v) is 8.26. The molecule has 0 saturated carbocycles. The number of halogens is 1. The molecule has 110 valence electrons. The Hall–Kier alpha value is -1.32. The van der Waals surface area contributed by atoms with E-state index in [1.165, 1.54) is 5.56 Å². The third kappa shape index (κ3) is 3.66. The number of likely N-dealkylation sites (tertiary alicyclic amines) is 1. The maximum Gasteiger partial charge on any atom is 0.123 e. The summed E-state index contributed by atoms with van der Waals surface area (Å²) in [7, 11) is 2.19. The molecular formula is C18H20FNS. The summed E-state index contributed by atoms with van der Waals surface area (Å²) in [5.74, 6) is 0.363. The predicted molar refractivity (Wildman–Crippen MR) is 87.3 cm³/mol. The Labute approximate surface area is 130 Å². The average Bonchev–Trinajstić information content (AvgIpc) is 2.52. The molecule has 3 rings (SSSR count). The lowest BCUT2D eigenvalue weighted by Gasteiger charge is -2.36. The van der Waals surface area contributed by atoms with Crippen molar-refractivity contribution in [2.75, 3.05) is 20.1 Å². The lowest BCUT2D eigenvalue weighted by atomic mass is 9.90. The largest absolute Gasteiger partial charge is 0.306 e. The maximum atomic E-state index is 13.0. The quantitative estimate of drug-likeness (QED) is 0.826. The van der Waals surface area contributed by atoms with Gasteiger partial charge in [0, 0.05) is 22.6 Å². The Bertz CT molecular complexity index is 570. The second kappa shape index (κ2) is 6.63. The van der Waals surface area contributed by atoms with Crippen molar-refractivity contribution < 1.29 is 4.39 Å². The van der Waals surface area contributed by atoms with E-state index in [0.717, 1.165) is 24.4 Å². The highest BCUT2D eigenvalue weighted by molar-refractivity contribution is 8.00. The highest BCUT2D eigenvalue weighted by Gasteiger charge is 2.29. The van der Waals surface area contributed by atoms with E-state index in [4.69, 9.17) is 0 Å². The van der Waals surface area contributed by atoms with Crippen LogP contribution in [0.2, 0.25) is 0 Å². The second-order valence-corrected chi connectivity index (χ2v) is 6.99. The van der Waals surface area contributed by atoms with Gasteiger partial charge in [-0.3, -0.25) is 0 Å². The second-order valence-electron chi connectivity index (χ2n) is 5.68. The summed E-state index contributed by atoms with van der Waals surface area (Å²) in [5, 5.41) is 0.550. The van der Waals surface area contributed by atoms with Crippen LogP contribution in [0.4, 0.5) is 4.39 Å². The van der Waals surface area contributed by atoms with E-state index in [1.807, 2.05) is 23.9 Å². The van der Waals surface area contributed by atoms with Crippen LogP contribution in [-0.4, -0.2) is 30.3 Å². The average molecular weight is 301 g/mol. The van der Waals surface area contributed by atoms with Crippen molar-refractivity contribution in [3.8, 4) is 0 Å². The Kier molecular flexibility index (Phi) is 4.61. The molecule has 3 heteroatoms. The van der Waals surface area contributed by atoms with Gasteiger partial charge in [-0.2, -0.15) is 0 Å². The monoisotopic (exact) mass is 301 g/mol. The Balaban J connectivity index is 1.79. The van der Waals surface area contributed by atoms with Gasteiger partial charge in [0.1, 0.15) is 5.82 Å². The summed E-state index contributed by atoms with van der Waals surface area (Å²) in [6.45, 7) is 2.21. The fourth-order valence-corrected chi connectivity index (χ4v) is 4.22. The van der Waals surface area contributed by atoms with Gasteiger partial charge in [0.15, 0.2) is 0 Å². The van der Waals surface area contributed by atoms with E-state index in [1.54, 1.807) is 12.1 Å². The number of rotatable bonds is 3. The maximum absolute atomic E-state index is 13.0. The summed E-state index contributed by atoms with van der Waals surface area (Å²) in [6.07, 6.45) is 1.16. The van der Waals surface area contributed by atoms with E-state index in [-0.39, 0.29) is 5.82 Å². The number of hydrogen-bond acceptors (Lipinski definition) is 2. The number of piperidine rings is 1.